The van der Waals surface area contributed by atoms with Crippen LogP contribution in [0.5, 0.6) is 0 Å². The van der Waals surface area contributed by atoms with E-state index in [1.807, 2.05) is 61.2 Å². The van der Waals surface area contributed by atoms with Crippen LogP contribution >= 0.6 is 11.8 Å². The number of amides is 1. The summed E-state index contributed by atoms with van der Waals surface area (Å²) in [6.07, 6.45) is 0.902. The van der Waals surface area contributed by atoms with Gasteiger partial charge in [-0.15, -0.1) is 11.8 Å². The van der Waals surface area contributed by atoms with E-state index < -0.39 is 0 Å². The number of aryl methyl sites for hydroxylation is 1. The Hall–Kier alpha value is -2.53. The number of carbonyl (C=O) groups is 2. The minimum absolute atomic E-state index is 0.0245. The third-order valence-electron chi connectivity index (χ3n) is 5.32. The van der Waals surface area contributed by atoms with Gasteiger partial charge in [-0.3, -0.25) is 14.2 Å². The summed E-state index contributed by atoms with van der Waals surface area (Å²) in [4.78, 5) is 27.2. The molecule has 0 fully saturated rings. The lowest BCUT2D eigenvalue weighted by Crippen LogP contribution is -2.31. The van der Waals surface area contributed by atoms with E-state index in [1.165, 1.54) is 17.3 Å². The normalized spacial score (nSPS) is 13.2. The first-order valence-corrected chi connectivity index (χ1v) is 10.3. The fraction of sp³-hybridized carbons (Fsp3) is 0.273. The molecule has 0 radical (unpaired) electrons. The molecule has 0 saturated heterocycles. The maximum Gasteiger partial charge on any atom is 0.241 e. The van der Waals surface area contributed by atoms with E-state index in [1.54, 1.807) is 4.57 Å². The molecule has 3 aromatic rings. The second-order valence-electron chi connectivity index (χ2n) is 6.87. The third kappa shape index (κ3) is 3.16. The van der Waals surface area contributed by atoms with Crippen molar-refractivity contribution >= 4 is 40.2 Å². The van der Waals surface area contributed by atoms with Gasteiger partial charge in [0.1, 0.15) is 0 Å². The molecule has 4 nitrogen and oxygen atoms in total. The Morgan fingerprint density at radius 3 is 2.52 bits per heavy atom. The summed E-state index contributed by atoms with van der Waals surface area (Å²) in [5, 5.41) is 1.11. The van der Waals surface area contributed by atoms with Crippen LogP contribution < -0.4 is 4.90 Å². The van der Waals surface area contributed by atoms with Gasteiger partial charge < -0.3 is 4.90 Å². The Labute approximate surface area is 163 Å². The van der Waals surface area contributed by atoms with Crippen LogP contribution in [0.15, 0.2) is 48.5 Å². The molecule has 2 heterocycles. The summed E-state index contributed by atoms with van der Waals surface area (Å²) < 4.78 is 1.79. The average molecular weight is 378 g/mol. The van der Waals surface area contributed by atoms with Crippen molar-refractivity contribution in [2.75, 3.05) is 23.0 Å². The van der Waals surface area contributed by atoms with Crippen molar-refractivity contribution in [1.82, 2.24) is 4.57 Å². The van der Waals surface area contributed by atoms with Crippen molar-refractivity contribution in [3.8, 4) is 0 Å². The van der Waals surface area contributed by atoms with Crippen LogP contribution in [0.25, 0.3) is 10.9 Å². The molecule has 0 saturated carbocycles. The van der Waals surface area contributed by atoms with E-state index in [9.17, 15) is 9.59 Å². The van der Waals surface area contributed by atoms with E-state index in [-0.39, 0.29) is 11.8 Å². The number of aromatic nitrogens is 1. The highest BCUT2D eigenvalue weighted by Crippen LogP contribution is 2.28. The quantitative estimate of drug-likeness (QED) is 0.683. The second kappa shape index (κ2) is 7.24. The minimum atomic E-state index is 0.0245. The summed E-state index contributed by atoms with van der Waals surface area (Å²) in [7, 11) is 0. The van der Waals surface area contributed by atoms with Gasteiger partial charge in [0.05, 0.1) is 17.0 Å². The monoisotopic (exact) mass is 378 g/mol. The maximum atomic E-state index is 12.8. The summed E-state index contributed by atoms with van der Waals surface area (Å²) in [5.74, 6) is 0.705. The first kappa shape index (κ1) is 17.9. The second-order valence-corrected chi connectivity index (χ2v) is 7.86. The first-order valence-electron chi connectivity index (χ1n) is 9.14. The van der Waals surface area contributed by atoms with Gasteiger partial charge in [-0.25, -0.2) is 0 Å². The lowest BCUT2D eigenvalue weighted by atomic mass is 10.2. The lowest BCUT2D eigenvalue weighted by molar-refractivity contribution is -0.116. The number of fused-ring (bicyclic) bond motifs is 2. The molecular weight excluding hydrogens is 356 g/mol. The maximum absolute atomic E-state index is 12.8. The minimum Gasteiger partial charge on any atom is -0.311 e. The Morgan fingerprint density at radius 2 is 1.67 bits per heavy atom. The Bertz CT molecular complexity index is 1040. The van der Waals surface area contributed by atoms with Crippen LogP contribution in [0, 0.1) is 13.8 Å². The summed E-state index contributed by atoms with van der Waals surface area (Å²) in [6.45, 7) is 4.75. The largest absolute Gasteiger partial charge is 0.311 e. The highest BCUT2D eigenvalue weighted by atomic mass is 32.2. The molecule has 1 aliphatic rings. The van der Waals surface area contributed by atoms with Crippen molar-refractivity contribution in [2.45, 2.75) is 20.3 Å². The summed E-state index contributed by atoms with van der Waals surface area (Å²) >= 11 is 1.39. The van der Waals surface area contributed by atoms with Crippen LogP contribution in [-0.2, 0) is 11.2 Å². The number of para-hydroxylation sites is 2. The Kier molecular flexibility index (Phi) is 4.79. The molecule has 0 bridgehead atoms. The average Bonchev–Trinajstić information content (AvgIpc) is 3.22. The molecule has 1 aliphatic heterocycles. The van der Waals surface area contributed by atoms with Crippen LogP contribution in [0.1, 0.15) is 21.6 Å². The van der Waals surface area contributed by atoms with E-state index in [0.29, 0.717) is 11.5 Å². The predicted molar refractivity (Wildman–Crippen MR) is 112 cm³/mol. The molecule has 1 aromatic heterocycles. The Morgan fingerprint density at radius 1 is 0.963 bits per heavy atom. The fourth-order valence-corrected chi connectivity index (χ4v) is 4.55. The van der Waals surface area contributed by atoms with E-state index in [0.717, 1.165) is 40.8 Å². The number of rotatable bonds is 4. The zero-order valence-corrected chi connectivity index (χ0v) is 16.4. The van der Waals surface area contributed by atoms with Gasteiger partial charge in [0, 0.05) is 23.3 Å². The topological polar surface area (TPSA) is 42.3 Å². The van der Waals surface area contributed by atoms with Crippen LogP contribution in [-0.4, -0.2) is 34.4 Å². The number of hydrogen-bond donors (Lipinski definition) is 0. The van der Waals surface area contributed by atoms with Crippen LogP contribution in [0.2, 0.25) is 0 Å². The molecule has 0 atom stereocenters. The van der Waals surface area contributed by atoms with Gasteiger partial charge in [0.2, 0.25) is 11.8 Å². The number of carbonyl (C=O) groups excluding carboxylic acids is 2. The van der Waals surface area contributed by atoms with Crippen LogP contribution in [0.3, 0.4) is 0 Å². The van der Waals surface area contributed by atoms with Crippen molar-refractivity contribution in [3.05, 3.63) is 65.4 Å². The molecule has 0 unspecified atom stereocenters. The third-order valence-corrected chi connectivity index (χ3v) is 6.22. The van der Waals surface area contributed by atoms with E-state index in [2.05, 4.69) is 6.07 Å². The molecule has 0 spiro atoms. The number of hydrogen-bond acceptors (Lipinski definition) is 3. The summed E-state index contributed by atoms with van der Waals surface area (Å²) in [6, 6.07) is 16.0. The fourth-order valence-electron chi connectivity index (χ4n) is 3.82. The number of benzene rings is 2. The smallest absolute Gasteiger partial charge is 0.241 e. The zero-order chi connectivity index (χ0) is 19.0. The van der Waals surface area contributed by atoms with Crippen LogP contribution in [0.4, 0.5) is 5.69 Å². The highest BCUT2D eigenvalue weighted by molar-refractivity contribution is 8.00. The molecule has 27 heavy (non-hydrogen) atoms. The van der Waals surface area contributed by atoms with Gasteiger partial charge in [0.25, 0.3) is 0 Å². The highest BCUT2D eigenvalue weighted by Gasteiger charge is 2.24. The zero-order valence-electron chi connectivity index (χ0n) is 15.6. The molecule has 1 amide bonds. The molecule has 5 heteroatoms. The van der Waals surface area contributed by atoms with Gasteiger partial charge >= 0.3 is 0 Å². The molecule has 4 rings (SSSR count). The van der Waals surface area contributed by atoms with Crippen molar-refractivity contribution in [3.63, 3.8) is 0 Å². The standard InChI is InChI=1S/C22H22N2O2S/c1-15-16(2)24(20-10-6-4-8-18(15)20)22(26)14-27-13-21(25)23-12-11-17-7-3-5-9-19(17)23/h3-10H,11-14H2,1-2H3. The number of anilines is 1. The van der Waals surface area contributed by atoms with Gasteiger partial charge in [0.15, 0.2) is 0 Å². The number of nitrogens with zero attached hydrogens (tertiary/aromatic N) is 2. The van der Waals surface area contributed by atoms with Gasteiger partial charge in [-0.2, -0.15) is 0 Å². The molecule has 138 valence electrons. The summed E-state index contributed by atoms with van der Waals surface area (Å²) in [5.41, 5.74) is 5.28. The van der Waals surface area contributed by atoms with E-state index >= 15 is 0 Å². The van der Waals surface area contributed by atoms with Crippen molar-refractivity contribution in [2.24, 2.45) is 0 Å². The first-order chi connectivity index (χ1) is 13.1. The lowest BCUT2D eigenvalue weighted by Gasteiger charge is -2.17. The Balaban J connectivity index is 1.42. The predicted octanol–water partition coefficient (Wildman–Crippen LogP) is 4.22. The van der Waals surface area contributed by atoms with Crippen molar-refractivity contribution in [1.29, 1.82) is 0 Å². The molecule has 0 N–H and O–H groups in total. The van der Waals surface area contributed by atoms with Gasteiger partial charge in [-0.1, -0.05) is 36.4 Å². The van der Waals surface area contributed by atoms with Crippen molar-refractivity contribution < 1.29 is 9.59 Å². The van der Waals surface area contributed by atoms with Gasteiger partial charge in [-0.05, 0) is 43.5 Å². The SMILES string of the molecule is Cc1c(C)n(C(=O)CSCC(=O)N2CCc3ccccc32)c2ccccc12. The number of thioether (sulfide) groups is 1. The molecule has 0 aliphatic carbocycles. The molecule has 2 aromatic carbocycles. The molecular formula is C22H22N2O2S. The van der Waals surface area contributed by atoms with E-state index in [4.69, 9.17) is 0 Å².